The van der Waals surface area contributed by atoms with E-state index in [9.17, 15) is 9.59 Å². The lowest BCUT2D eigenvalue weighted by Gasteiger charge is -2.25. The van der Waals surface area contributed by atoms with Crippen LogP contribution in [0.3, 0.4) is 0 Å². The molecule has 27 heavy (non-hydrogen) atoms. The summed E-state index contributed by atoms with van der Waals surface area (Å²) in [5.74, 6) is 0.422. The molecule has 150 valence electrons. The predicted molar refractivity (Wildman–Crippen MR) is 110 cm³/mol. The maximum atomic E-state index is 12.2. The molecular weight excluding hydrogens is 342 g/mol. The largest absolute Gasteiger partial charge is 0.356 e. The lowest BCUT2D eigenvalue weighted by atomic mass is 9.92. The minimum atomic E-state index is -0.594. The first-order chi connectivity index (χ1) is 12.8. The van der Waals surface area contributed by atoms with Crippen LogP contribution in [0.5, 0.6) is 0 Å². The number of rotatable bonds is 9. The van der Waals surface area contributed by atoms with Gasteiger partial charge in [-0.25, -0.2) is 4.99 Å². The molecule has 3 N–H and O–H groups in total. The molecule has 0 radical (unpaired) electrons. The second-order valence-electron chi connectivity index (χ2n) is 7.21. The van der Waals surface area contributed by atoms with Gasteiger partial charge in [0.05, 0.1) is 5.41 Å². The third-order valence-corrected chi connectivity index (χ3v) is 4.07. The average molecular weight is 376 g/mol. The molecule has 0 bridgehead atoms. The Kier molecular flexibility index (Phi) is 9.33. The van der Waals surface area contributed by atoms with Crippen molar-refractivity contribution in [3.63, 3.8) is 0 Å². The number of benzene rings is 1. The fraction of sp³-hybridized carbons (Fsp3) is 0.550. The van der Waals surface area contributed by atoms with E-state index in [0.717, 1.165) is 6.42 Å². The van der Waals surface area contributed by atoms with Crippen LogP contribution in [0.25, 0.3) is 0 Å². The van der Waals surface area contributed by atoms with Crippen LogP contribution in [-0.2, 0) is 16.0 Å². The highest BCUT2D eigenvalue weighted by molar-refractivity contribution is 5.86. The Hall–Kier alpha value is -2.57. The van der Waals surface area contributed by atoms with Gasteiger partial charge in [0.25, 0.3) is 0 Å². The Labute approximate surface area is 162 Å². The molecule has 0 aliphatic heterocycles. The topological polar surface area (TPSA) is 85.8 Å². The summed E-state index contributed by atoms with van der Waals surface area (Å²) in [5, 5.41) is 9.27. The van der Waals surface area contributed by atoms with Gasteiger partial charge in [0.15, 0.2) is 5.96 Å². The number of carbonyl (C=O) groups is 2. The molecule has 1 aromatic carbocycles. The number of nitrogens with zero attached hydrogens (tertiary/aromatic N) is 2. The molecule has 1 aromatic rings. The van der Waals surface area contributed by atoms with Gasteiger partial charge in [-0.05, 0) is 32.8 Å². The molecule has 0 aliphatic carbocycles. The highest BCUT2D eigenvalue weighted by Gasteiger charge is 2.27. The summed E-state index contributed by atoms with van der Waals surface area (Å²) in [6.45, 7) is 7.37. The van der Waals surface area contributed by atoms with Crippen molar-refractivity contribution < 1.29 is 9.59 Å². The number of likely N-dealkylation sites (N-methyl/N-ethyl adjacent to an activating group) is 1. The van der Waals surface area contributed by atoms with Crippen molar-refractivity contribution in [3.8, 4) is 0 Å². The summed E-state index contributed by atoms with van der Waals surface area (Å²) in [5.41, 5.74) is 0.625. The first-order valence-electron chi connectivity index (χ1n) is 9.31. The van der Waals surface area contributed by atoms with E-state index in [-0.39, 0.29) is 18.4 Å². The summed E-state index contributed by atoms with van der Waals surface area (Å²) in [6.07, 6.45) is 0.836. The number of hydrogen-bond donors (Lipinski definition) is 3. The van der Waals surface area contributed by atoms with Gasteiger partial charge < -0.3 is 20.9 Å². The summed E-state index contributed by atoms with van der Waals surface area (Å²) >= 11 is 0. The lowest BCUT2D eigenvalue weighted by molar-refractivity contribution is -0.129. The summed E-state index contributed by atoms with van der Waals surface area (Å²) in [6, 6.07) is 10.1. The van der Waals surface area contributed by atoms with E-state index in [1.54, 1.807) is 14.1 Å². The van der Waals surface area contributed by atoms with Gasteiger partial charge in [-0.1, -0.05) is 30.3 Å². The Morgan fingerprint density at radius 3 is 2.33 bits per heavy atom. The number of guanidine groups is 1. The molecule has 0 heterocycles. The van der Waals surface area contributed by atoms with Gasteiger partial charge in [-0.2, -0.15) is 0 Å². The number of carbonyl (C=O) groups excluding carboxylic acids is 2. The highest BCUT2D eigenvalue weighted by atomic mass is 16.2. The van der Waals surface area contributed by atoms with Crippen molar-refractivity contribution in [2.24, 2.45) is 10.4 Å². The molecule has 7 nitrogen and oxygen atoms in total. The Morgan fingerprint density at radius 2 is 1.74 bits per heavy atom. The first-order valence-corrected chi connectivity index (χ1v) is 9.31. The van der Waals surface area contributed by atoms with Crippen molar-refractivity contribution in [2.45, 2.75) is 27.2 Å². The van der Waals surface area contributed by atoms with Crippen molar-refractivity contribution in [1.29, 1.82) is 0 Å². The third kappa shape index (κ3) is 8.57. The van der Waals surface area contributed by atoms with Crippen LogP contribution in [0.4, 0.5) is 0 Å². The molecule has 0 unspecified atom stereocenters. The van der Waals surface area contributed by atoms with E-state index in [1.807, 2.05) is 39.0 Å². The van der Waals surface area contributed by atoms with Crippen LogP contribution in [0, 0.1) is 5.41 Å². The van der Waals surface area contributed by atoms with Crippen molar-refractivity contribution in [3.05, 3.63) is 35.9 Å². The fourth-order valence-electron chi connectivity index (χ4n) is 2.22. The molecule has 0 saturated heterocycles. The zero-order valence-corrected chi connectivity index (χ0v) is 17.1. The number of aliphatic imine (C=N–C) groups is 1. The maximum absolute atomic E-state index is 12.2. The van der Waals surface area contributed by atoms with Crippen LogP contribution in [0.1, 0.15) is 26.3 Å². The van der Waals surface area contributed by atoms with Crippen LogP contribution in [0.2, 0.25) is 0 Å². The molecule has 0 aliphatic rings. The monoisotopic (exact) mass is 375 g/mol. The first kappa shape index (κ1) is 22.5. The van der Waals surface area contributed by atoms with Crippen molar-refractivity contribution in [2.75, 3.05) is 40.3 Å². The second kappa shape index (κ2) is 11.2. The Bertz CT molecular complexity index is 627. The molecule has 0 fully saturated rings. The summed E-state index contributed by atoms with van der Waals surface area (Å²) < 4.78 is 0. The zero-order chi connectivity index (χ0) is 20.3. The zero-order valence-electron chi connectivity index (χ0n) is 17.1. The number of hydrogen-bond acceptors (Lipinski definition) is 3. The van der Waals surface area contributed by atoms with Gasteiger partial charge in [-0.3, -0.25) is 9.59 Å². The van der Waals surface area contributed by atoms with Crippen LogP contribution in [-0.4, -0.2) is 62.9 Å². The standard InChI is InChI=1S/C20H33N5O2/c1-6-21-18(27)20(2,3)15-24-19(23-14-17(26)25(4)5)22-13-12-16-10-8-7-9-11-16/h7-11H,6,12-15H2,1-5H3,(H,21,27)(H2,22,23,24). The number of amides is 2. The van der Waals surface area contributed by atoms with E-state index in [2.05, 4.69) is 33.1 Å². The van der Waals surface area contributed by atoms with Gasteiger partial charge in [0.2, 0.25) is 11.8 Å². The van der Waals surface area contributed by atoms with Crippen LogP contribution >= 0.6 is 0 Å². The second-order valence-corrected chi connectivity index (χ2v) is 7.21. The SMILES string of the molecule is CCNC(=O)C(C)(C)CNC(=NCC(=O)N(C)C)NCCc1ccccc1. The molecule has 2 amide bonds. The van der Waals surface area contributed by atoms with E-state index < -0.39 is 5.41 Å². The van der Waals surface area contributed by atoms with E-state index in [4.69, 9.17) is 0 Å². The minimum Gasteiger partial charge on any atom is -0.356 e. The Balaban J connectivity index is 2.68. The lowest BCUT2D eigenvalue weighted by Crippen LogP contribution is -2.48. The maximum Gasteiger partial charge on any atom is 0.243 e. The van der Waals surface area contributed by atoms with Crippen LogP contribution in [0.15, 0.2) is 35.3 Å². The van der Waals surface area contributed by atoms with Crippen LogP contribution < -0.4 is 16.0 Å². The average Bonchev–Trinajstić information content (AvgIpc) is 2.64. The van der Waals surface area contributed by atoms with Crippen molar-refractivity contribution in [1.82, 2.24) is 20.9 Å². The van der Waals surface area contributed by atoms with Gasteiger partial charge >= 0.3 is 0 Å². The molecule has 0 aromatic heterocycles. The summed E-state index contributed by atoms with van der Waals surface area (Å²) in [7, 11) is 3.40. The van der Waals surface area contributed by atoms with E-state index >= 15 is 0 Å². The summed E-state index contributed by atoms with van der Waals surface area (Å²) in [4.78, 5) is 29.9. The Morgan fingerprint density at radius 1 is 1.07 bits per heavy atom. The van der Waals surface area contributed by atoms with E-state index in [0.29, 0.717) is 25.6 Å². The fourth-order valence-corrected chi connectivity index (χ4v) is 2.22. The predicted octanol–water partition coefficient (Wildman–Crippen LogP) is 1.01. The molecule has 0 atom stereocenters. The molecule has 0 spiro atoms. The smallest absolute Gasteiger partial charge is 0.243 e. The number of nitrogens with one attached hydrogen (secondary N) is 3. The van der Waals surface area contributed by atoms with E-state index in [1.165, 1.54) is 10.5 Å². The molecule has 0 saturated carbocycles. The quantitative estimate of drug-likeness (QED) is 0.444. The molecule has 1 rings (SSSR count). The van der Waals surface area contributed by atoms with Gasteiger partial charge in [0.1, 0.15) is 6.54 Å². The van der Waals surface area contributed by atoms with Crippen molar-refractivity contribution >= 4 is 17.8 Å². The van der Waals surface area contributed by atoms with Gasteiger partial charge in [-0.15, -0.1) is 0 Å². The highest BCUT2D eigenvalue weighted by Crippen LogP contribution is 2.13. The molecular formula is C20H33N5O2. The molecule has 7 heteroatoms. The third-order valence-electron chi connectivity index (χ3n) is 4.07. The minimum absolute atomic E-state index is 0.0227. The van der Waals surface area contributed by atoms with Gasteiger partial charge in [0, 0.05) is 33.7 Å². The normalized spacial score (nSPS) is 11.7.